The van der Waals surface area contributed by atoms with Crippen LogP contribution >= 0.6 is 15.9 Å². The number of halogens is 1. The van der Waals surface area contributed by atoms with Crippen molar-refractivity contribution in [3.05, 3.63) is 27.7 Å². The lowest BCUT2D eigenvalue weighted by Gasteiger charge is -2.20. The number of amides is 1. The molecule has 1 saturated heterocycles. The standard InChI is InChI=1S/C14H19BrN2O3S/c1-9-11(15)6-10(7-12(9)21(16,19)20)13(18)17-5-4-14(2,3)8-17/h6-7H,4-5,8H2,1-3H3,(H2,16,19,20). The molecule has 5 nitrogen and oxygen atoms in total. The highest BCUT2D eigenvalue weighted by Crippen LogP contribution is 2.31. The van der Waals surface area contributed by atoms with Crippen LogP contribution in [0.2, 0.25) is 0 Å². The highest BCUT2D eigenvalue weighted by atomic mass is 79.9. The molecule has 1 aliphatic rings. The molecule has 1 aromatic rings. The molecular formula is C14H19BrN2O3S. The van der Waals surface area contributed by atoms with Crippen molar-refractivity contribution in [2.75, 3.05) is 13.1 Å². The Hall–Kier alpha value is -0.920. The molecule has 1 fully saturated rings. The number of nitrogens with two attached hydrogens (primary N) is 1. The molecule has 1 heterocycles. The van der Waals surface area contributed by atoms with Gasteiger partial charge in [0.15, 0.2) is 0 Å². The second-order valence-electron chi connectivity index (χ2n) is 6.27. The minimum atomic E-state index is -3.86. The van der Waals surface area contributed by atoms with Crippen molar-refractivity contribution in [3.8, 4) is 0 Å². The number of benzene rings is 1. The predicted octanol–water partition coefficient (Wildman–Crippen LogP) is 2.28. The Labute approximate surface area is 133 Å². The van der Waals surface area contributed by atoms with Crippen LogP contribution in [0.15, 0.2) is 21.5 Å². The van der Waals surface area contributed by atoms with Gasteiger partial charge in [0.25, 0.3) is 5.91 Å². The molecule has 1 aliphatic heterocycles. The molecule has 2 rings (SSSR count). The van der Waals surface area contributed by atoms with E-state index in [-0.39, 0.29) is 16.2 Å². The number of hydrogen-bond donors (Lipinski definition) is 1. The molecule has 116 valence electrons. The van der Waals surface area contributed by atoms with Gasteiger partial charge in [0.1, 0.15) is 0 Å². The SMILES string of the molecule is Cc1c(Br)cc(C(=O)N2CCC(C)(C)C2)cc1S(N)(=O)=O. The van der Waals surface area contributed by atoms with E-state index in [2.05, 4.69) is 29.8 Å². The number of likely N-dealkylation sites (tertiary alicyclic amines) is 1. The van der Waals surface area contributed by atoms with Gasteiger partial charge >= 0.3 is 0 Å². The van der Waals surface area contributed by atoms with E-state index in [1.54, 1.807) is 17.9 Å². The van der Waals surface area contributed by atoms with E-state index in [1.807, 2.05) is 0 Å². The van der Waals surface area contributed by atoms with E-state index in [0.29, 0.717) is 28.7 Å². The third-order valence-electron chi connectivity index (χ3n) is 3.81. The maximum atomic E-state index is 12.5. The molecule has 0 radical (unpaired) electrons. The molecule has 0 bridgehead atoms. The second-order valence-corrected chi connectivity index (χ2v) is 8.65. The first kappa shape index (κ1) is 16.5. The maximum Gasteiger partial charge on any atom is 0.253 e. The van der Waals surface area contributed by atoms with Crippen LogP contribution < -0.4 is 5.14 Å². The zero-order valence-electron chi connectivity index (χ0n) is 12.3. The van der Waals surface area contributed by atoms with Crippen LogP contribution in [0.1, 0.15) is 36.2 Å². The fourth-order valence-corrected chi connectivity index (χ4v) is 3.96. The largest absolute Gasteiger partial charge is 0.338 e. The quantitative estimate of drug-likeness (QED) is 0.861. The number of rotatable bonds is 2. The molecule has 0 saturated carbocycles. The number of carbonyl (C=O) groups is 1. The summed E-state index contributed by atoms with van der Waals surface area (Å²) >= 11 is 3.30. The molecule has 1 aromatic carbocycles. The Morgan fingerprint density at radius 2 is 2.00 bits per heavy atom. The van der Waals surface area contributed by atoms with Crippen LogP contribution in [-0.2, 0) is 10.0 Å². The average molecular weight is 375 g/mol. The van der Waals surface area contributed by atoms with Crippen molar-refractivity contribution >= 4 is 31.9 Å². The van der Waals surface area contributed by atoms with Gasteiger partial charge in [-0.25, -0.2) is 13.6 Å². The zero-order chi connectivity index (χ0) is 16.0. The summed E-state index contributed by atoms with van der Waals surface area (Å²) in [6.45, 7) is 7.23. The smallest absolute Gasteiger partial charge is 0.253 e. The lowest BCUT2D eigenvalue weighted by atomic mass is 9.93. The monoisotopic (exact) mass is 374 g/mol. The van der Waals surface area contributed by atoms with Gasteiger partial charge in [-0.1, -0.05) is 29.8 Å². The fourth-order valence-electron chi connectivity index (χ4n) is 2.54. The first-order valence-corrected chi connectivity index (χ1v) is 8.97. The van der Waals surface area contributed by atoms with Crippen LogP contribution in [0.3, 0.4) is 0 Å². The average Bonchev–Trinajstić information content (AvgIpc) is 2.70. The van der Waals surface area contributed by atoms with Crippen molar-refractivity contribution in [1.29, 1.82) is 0 Å². The van der Waals surface area contributed by atoms with Crippen molar-refractivity contribution in [3.63, 3.8) is 0 Å². The van der Waals surface area contributed by atoms with Gasteiger partial charge in [-0.05, 0) is 36.5 Å². The summed E-state index contributed by atoms with van der Waals surface area (Å²) in [6, 6.07) is 3.01. The highest BCUT2D eigenvalue weighted by Gasteiger charge is 2.33. The van der Waals surface area contributed by atoms with Crippen molar-refractivity contribution < 1.29 is 13.2 Å². The summed E-state index contributed by atoms with van der Waals surface area (Å²) in [5, 5.41) is 5.22. The van der Waals surface area contributed by atoms with Gasteiger partial charge in [0.2, 0.25) is 10.0 Å². The van der Waals surface area contributed by atoms with Gasteiger partial charge in [-0.3, -0.25) is 4.79 Å². The third kappa shape index (κ3) is 3.46. The van der Waals surface area contributed by atoms with E-state index >= 15 is 0 Å². The Morgan fingerprint density at radius 1 is 1.38 bits per heavy atom. The molecule has 0 spiro atoms. The number of primary sulfonamides is 1. The van der Waals surface area contributed by atoms with Gasteiger partial charge in [-0.2, -0.15) is 0 Å². The number of nitrogens with zero attached hydrogens (tertiary/aromatic N) is 1. The molecule has 0 aliphatic carbocycles. The predicted molar refractivity (Wildman–Crippen MR) is 84.6 cm³/mol. The molecule has 2 N–H and O–H groups in total. The van der Waals surface area contributed by atoms with Crippen LogP contribution in [0.25, 0.3) is 0 Å². The molecule has 1 amide bonds. The van der Waals surface area contributed by atoms with Gasteiger partial charge < -0.3 is 4.90 Å². The first-order chi connectivity index (χ1) is 9.51. The topological polar surface area (TPSA) is 80.5 Å². The molecule has 0 aromatic heterocycles. The number of sulfonamides is 1. The summed E-state index contributed by atoms with van der Waals surface area (Å²) in [4.78, 5) is 14.3. The Balaban J connectivity index is 2.42. The molecule has 21 heavy (non-hydrogen) atoms. The van der Waals surface area contributed by atoms with Crippen molar-refractivity contribution in [2.45, 2.75) is 32.1 Å². The van der Waals surface area contributed by atoms with Gasteiger partial charge in [0, 0.05) is 23.1 Å². The van der Waals surface area contributed by atoms with E-state index < -0.39 is 10.0 Å². The lowest BCUT2D eigenvalue weighted by molar-refractivity contribution is 0.0778. The third-order valence-corrected chi connectivity index (χ3v) is 5.68. The van der Waals surface area contributed by atoms with Gasteiger partial charge in [0.05, 0.1) is 4.90 Å². The maximum absolute atomic E-state index is 12.5. The van der Waals surface area contributed by atoms with E-state index in [4.69, 9.17) is 5.14 Å². The Bertz CT molecular complexity index is 698. The summed E-state index contributed by atoms with van der Waals surface area (Å²) < 4.78 is 23.8. The fraction of sp³-hybridized carbons (Fsp3) is 0.500. The van der Waals surface area contributed by atoms with Crippen LogP contribution in [-0.4, -0.2) is 32.3 Å². The molecule has 0 atom stereocenters. The van der Waals surface area contributed by atoms with Crippen LogP contribution in [0.4, 0.5) is 0 Å². The summed E-state index contributed by atoms with van der Waals surface area (Å²) in [7, 11) is -3.86. The lowest BCUT2D eigenvalue weighted by Crippen LogP contribution is -2.30. The number of hydrogen-bond acceptors (Lipinski definition) is 3. The molecule has 7 heteroatoms. The second kappa shape index (κ2) is 5.37. The Morgan fingerprint density at radius 3 is 2.48 bits per heavy atom. The van der Waals surface area contributed by atoms with Crippen LogP contribution in [0, 0.1) is 12.3 Å². The minimum absolute atomic E-state index is 0.0151. The normalized spacial score (nSPS) is 18.0. The summed E-state index contributed by atoms with van der Waals surface area (Å²) in [6.07, 6.45) is 0.938. The van der Waals surface area contributed by atoms with E-state index in [1.165, 1.54) is 6.07 Å². The number of carbonyl (C=O) groups excluding carboxylic acids is 1. The first-order valence-electron chi connectivity index (χ1n) is 6.63. The van der Waals surface area contributed by atoms with Gasteiger partial charge in [-0.15, -0.1) is 0 Å². The van der Waals surface area contributed by atoms with Crippen LogP contribution in [0.5, 0.6) is 0 Å². The van der Waals surface area contributed by atoms with E-state index in [0.717, 1.165) is 6.42 Å². The zero-order valence-corrected chi connectivity index (χ0v) is 14.7. The Kier molecular flexibility index (Phi) is 4.21. The van der Waals surface area contributed by atoms with Crippen molar-refractivity contribution in [1.82, 2.24) is 4.90 Å². The summed E-state index contributed by atoms with van der Waals surface area (Å²) in [5.41, 5.74) is 0.949. The molecular weight excluding hydrogens is 356 g/mol. The molecule has 0 unspecified atom stereocenters. The van der Waals surface area contributed by atoms with E-state index in [9.17, 15) is 13.2 Å². The highest BCUT2D eigenvalue weighted by molar-refractivity contribution is 9.10. The van der Waals surface area contributed by atoms with Crippen molar-refractivity contribution in [2.24, 2.45) is 10.6 Å². The summed E-state index contributed by atoms with van der Waals surface area (Å²) in [5.74, 6) is -0.161. The minimum Gasteiger partial charge on any atom is -0.338 e.